The molecule has 2 heterocycles. The Morgan fingerprint density at radius 1 is 0.825 bits per heavy atom. The molecule has 5 rings (SSSR count). The SMILES string of the molecule is Cc1cc(C)nc(NS(=O)(=O)c2ccc(NC(=O)c3ccc(NC(=O)[C@H]4COc5ccccc5O4)cc3)cc2)n1. The number of hydrogen-bond acceptors (Lipinski definition) is 8. The molecule has 12 heteroatoms. The van der Waals surface area contributed by atoms with E-state index in [1.54, 1.807) is 62.4 Å². The van der Waals surface area contributed by atoms with Crippen LogP contribution in [-0.2, 0) is 14.8 Å². The van der Waals surface area contributed by atoms with Crippen LogP contribution < -0.4 is 24.8 Å². The van der Waals surface area contributed by atoms with Crippen LogP contribution in [0.2, 0.25) is 0 Å². The summed E-state index contributed by atoms with van der Waals surface area (Å²) in [7, 11) is -3.92. The maximum absolute atomic E-state index is 12.7. The van der Waals surface area contributed by atoms with Gasteiger partial charge in [-0.05, 0) is 80.6 Å². The summed E-state index contributed by atoms with van der Waals surface area (Å²) in [6, 6.07) is 20.9. The number of amides is 2. The van der Waals surface area contributed by atoms with E-state index in [0.717, 1.165) is 0 Å². The Labute approximate surface area is 230 Å². The van der Waals surface area contributed by atoms with Crippen molar-refractivity contribution in [1.82, 2.24) is 9.97 Å². The van der Waals surface area contributed by atoms with Crippen molar-refractivity contribution in [2.75, 3.05) is 22.0 Å². The molecule has 0 radical (unpaired) electrons. The molecule has 0 bridgehead atoms. The molecule has 1 aromatic heterocycles. The third-order valence-electron chi connectivity index (χ3n) is 5.85. The van der Waals surface area contributed by atoms with Gasteiger partial charge in [-0.3, -0.25) is 9.59 Å². The minimum absolute atomic E-state index is 0.0100. The van der Waals surface area contributed by atoms with Crippen LogP contribution in [0.4, 0.5) is 17.3 Å². The minimum Gasteiger partial charge on any atom is -0.485 e. The number of carbonyl (C=O) groups is 2. The van der Waals surface area contributed by atoms with Crippen LogP contribution in [0.25, 0.3) is 0 Å². The number of nitrogens with zero attached hydrogens (tertiary/aromatic N) is 2. The first-order valence-electron chi connectivity index (χ1n) is 12.2. The predicted octanol–water partition coefficient (Wildman–Crippen LogP) is 3.93. The number of para-hydroxylation sites is 2. The molecule has 3 aromatic carbocycles. The van der Waals surface area contributed by atoms with Gasteiger partial charge in [0, 0.05) is 28.3 Å². The Morgan fingerprint density at radius 2 is 1.43 bits per heavy atom. The smallest absolute Gasteiger partial charge is 0.269 e. The molecule has 1 aliphatic rings. The quantitative estimate of drug-likeness (QED) is 0.309. The maximum Gasteiger partial charge on any atom is 0.269 e. The Balaban J connectivity index is 1.17. The molecule has 0 saturated carbocycles. The lowest BCUT2D eigenvalue weighted by molar-refractivity contribution is -0.125. The first-order chi connectivity index (χ1) is 19.2. The van der Waals surface area contributed by atoms with E-state index in [1.165, 1.54) is 24.3 Å². The largest absolute Gasteiger partial charge is 0.485 e. The van der Waals surface area contributed by atoms with Gasteiger partial charge in [-0.25, -0.2) is 23.1 Å². The van der Waals surface area contributed by atoms with Gasteiger partial charge in [-0.1, -0.05) is 12.1 Å². The van der Waals surface area contributed by atoms with Gasteiger partial charge in [0.1, 0.15) is 6.61 Å². The molecule has 0 spiro atoms. The molecule has 0 saturated heterocycles. The highest BCUT2D eigenvalue weighted by Crippen LogP contribution is 2.31. The number of nitrogens with one attached hydrogen (secondary N) is 3. The van der Waals surface area contributed by atoms with Crippen molar-refractivity contribution in [3.05, 3.63) is 95.8 Å². The van der Waals surface area contributed by atoms with Gasteiger partial charge in [0.25, 0.3) is 21.8 Å². The minimum atomic E-state index is -3.92. The highest BCUT2D eigenvalue weighted by atomic mass is 32.2. The van der Waals surface area contributed by atoms with Gasteiger partial charge in [0.05, 0.1) is 4.90 Å². The zero-order chi connectivity index (χ0) is 28.3. The summed E-state index contributed by atoms with van der Waals surface area (Å²) in [5.74, 6) is 0.288. The fourth-order valence-corrected chi connectivity index (χ4v) is 4.89. The zero-order valence-corrected chi connectivity index (χ0v) is 22.4. The van der Waals surface area contributed by atoms with Crippen LogP contribution in [0, 0.1) is 13.8 Å². The molecule has 2 amide bonds. The fraction of sp³-hybridized carbons (Fsp3) is 0.143. The lowest BCUT2D eigenvalue weighted by Crippen LogP contribution is -2.40. The molecular formula is C28H25N5O6S. The molecular weight excluding hydrogens is 534 g/mol. The number of rotatable bonds is 7. The number of aryl methyl sites for hydroxylation is 2. The van der Waals surface area contributed by atoms with Crippen LogP contribution in [-0.4, -0.2) is 42.9 Å². The first kappa shape index (κ1) is 26.6. The van der Waals surface area contributed by atoms with E-state index in [0.29, 0.717) is 39.8 Å². The number of hydrogen-bond donors (Lipinski definition) is 3. The van der Waals surface area contributed by atoms with Crippen molar-refractivity contribution in [1.29, 1.82) is 0 Å². The normalized spacial score (nSPS) is 14.2. The van der Waals surface area contributed by atoms with Crippen LogP contribution >= 0.6 is 0 Å². The van der Waals surface area contributed by atoms with E-state index in [-0.39, 0.29) is 23.4 Å². The maximum atomic E-state index is 12.7. The second kappa shape index (κ2) is 11.0. The molecule has 11 nitrogen and oxygen atoms in total. The number of carbonyl (C=O) groups excluding carboxylic acids is 2. The van der Waals surface area contributed by atoms with E-state index < -0.39 is 22.0 Å². The zero-order valence-electron chi connectivity index (χ0n) is 21.5. The number of fused-ring (bicyclic) bond motifs is 1. The highest BCUT2D eigenvalue weighted by molar-refractivity contribution is 7.92. The molecule has 0 aliphatic carbocycles. The van der Waals surface area contributed by atoms with Crippen LogP contribution in [0.15, 0.2) is 83.8 Å². The van der Waals surface area contributed by atoms with E-state index in [9.17, 15) is 18.0 Å². The number of sulfonamides is 1. The number of ether oxygens (including phenoxy) is 2. The van der Waals surface area contributed by atoms with Gasteiger partial charge in [-0.15, -0.1) is 0 Å². The lowest BCUT2D eigenvalue weighted by atomic mass is 10.2. The lowest BCUT2D eigenvalue weighted by Gasteiger charge is -2.25. The molecule has 0 unspecified atom stereocenters. The second-order valence-electron chi connectivity index (χ2n) is 8.99. The third kappa shape index (κ3) is 6.18. The number of aromatic nitrogens is 2. The summed E-state index contributed by atoms with van der Waals surface area (Å²) < 4.78 is 39.1. The van der Waals surface area contributed by atoms with Gasteiger partial charge in [-0.2, -0.15) is 0 Å². The van der Waals surface area contributed by atoms with Gasteiger partial charge in [0.2, 0.25) is 12.1 Å². The molecule has 1 aliphatic heterocycles. The third-order valence-corrected chi connectivity index (χ3v) is 7.19. The molecule has 0 fully saturated rings. The summed E-state index contributed by atoms with van der Waals surface area (Å²) in [5.41, 5.74) is 2.50. The highest BCUT2D eigenvalue weighted by Gasteiger charge is 2.27. The Morgan fingerprint density at radius 3 is 2.10 bits per heavy atom. The van der Waals surface area contributed by atoms with Gasteiger partial charge >= 0.3 is 0 Å². The van der Waals surface area contributed by atoms with E-state index in [2.05, 4.69) is 25.3 Å². The van der Waals surface area contributed by atoms with Crippen molar-refractivity contribution >= 4 is 39.2 Å². The van der Waals surface area contributed by atoms with Crippen molar-refractivity contribution < 1.29 is 27.5 Å². The Kier molecular flexibility index (Phi) is 7.34. The van der Waals surface area contributed by atoms with Gasteiger partial charge in [0.15, 0.2) is 11.5 Å². The summed E-state index contributed by atoms with van der Waals surface area (Å²) in [5, 5.41) is 5.47. The monoisotopic (exact) mass is 559 g/mol. The molecule has 4 aromatic rings. The molecule has 1 atom stereocenters. The number of anilines is 3. The molecule has 3 N–H and O–H groups in total. The standard InChI is InChI=1S/C28H25N5O6S/c1-17-15-18(2)30-28(29-17)33-40(36,37)22-13-11-21(12-14-22)31-26(34)19-7-9-20(10-8-19)32-27(35)25-16-38-23-5-3-4-6-24(23)39-25/h3-15,25H,16H2,1-2H3,(H,31,34)(H,32,35)(H,29,30,33)/t25-/m1/s1. The average molecular weight is 560 g/mol. The molecule has 40 heavy (non-hydrogen) atoms. The van der Waals surface area contributed by atoms with Crippen LogP contribution in [0.5, 0.6) is 11.5 Å². The van der Waals surface area contributed by atoms with E-state index in [4.69, 9.17) is 9.47 Å². The average Bonchev–Trinajstić information content (AvgIpc) is 2.92. The van der Waals surface area contributed by atoms with E-state index >= 15 is 0 Å². The Hall–Kier alpha value is -4.97. The van der Waals surface area contributed by atoms with E-state index in [1.807, 2.05) is 6.07 Å². The second-order valence-corrected chi connectivity index (χ2v) is 10.7. The topological polar surface area (TPSA) is 149 Å². The fourth-order valence-electron chi connectivity index (χ4n) is 3.95. The number of benzene rings is 3. The summed E-state index contributed by atoms with van der Waals surface area (Å²) in [6.45, 7) is 3.57. The van der Waals surface area contributed by atoms with Crippen molar-refractivity contribution in [3.63, 3.8) is 0 Å². The van der Waals surface area contributed by atoms with Crippen molar-refractivity contribution in [2.24, 2.45) is 0 Å². The summed E-state index contributed by atoms with van der Waals surface area (Å²) >= 11 is 0. The van der Waals surface area contributed by atoms with Crippen LogP contribution in [0.3, 0.4) is 0 Å². The van der Waals surface area contributed by atoms with Crippen molar-refractivity contribution in [3.8, 4) is 11.5 Å². The summed E-state index contributed by atoms with van der Waals surface area (Å²) in [6.07, 6.45) is -0.812. The first-order valence-corrected chi connectivity index (χ1v) is 13.7. The summed E-state index contributed by atoms with van der Waals surface area (Å²) in [4.78, 5) is 33.5. The predicted molar refractivity (Wildman–Crippen MR) is 148 cm³/mol. The van der Waals surface area contributed by atoms with Gasteiger partial charge < -0.3 is 20.1 Å². The van der Waals surface area contributed by atoms with Crippen molar-refractivity contribution in [2.45, 2.75) is 24.8 Å². The Bertz CT molecular complexity index is 1650. The van der Waals surface area contributed by atoms with Crippen LogP contribution in [0.1, 0.15) is 21.7 Å². The molecule has 204 valence electrons.